The van der Waals surface area contributed by atoms with Crippen LogP contribution in [0.5, 0.6) is 23.0 Å². The number of carbonyl (C=O) groups is 1. The lowest BCUT2D eigenvalue weighted by Gasteiger charge is -2.26. The van der Waals surface area contributed by atoms with Gasteiger partial charge in [0.05, 0.1) is 49.8 Å². The topological polar surface area (TPSA) is 109 Å². The summed E-state index contributed by atoms with van der Waals surface area (Å²) in [6.45, 7) is 7.35. The average molecular weight is 630 g/mol. The van der Waals surface area contributed by atoms with Gasteiger partial charge in [0, 0.05) is 10.0 Å². The zero-order valence-electron chi connectivity index (χ0n) is 22.7. The van der Waals surface area contributed by atoms with E-state index < -0.39 is 12.0 Å². The van der Waals surface area contributed by atoms with Gasteiger partial charge in [-0.2, -0.15) is 0 Å². The van der Waals surface area contributed by atoms with E-state index in [0.29, 0.717) is 54.1 Å². The first-order valence-corrected chi connectivity index (χ1v) is 13.9. The molecule has 3 aromatic rings. The van der Waals surface area contributed by atoms with Crippen molar-refractivity contribution in [3.8, 4) is 23.0 Å². The van der Waals surface area contributed by atoms with Crippen molar-refractivity contribution in [3.05, 3.63) is 89.0 Å². The molecule has 2 aromatic carbocycles. The molecule has 0 spiro atoms. The molecule has 1 atom stereocenters. The molecule has 0 bridgehead atoms. The number of phenolic OH excluding ortho intramolecular Hbond substituents is 1. The number of halogens is 1. The van der Waals surface area contributed by atoms with Crippen LogP contribution >= 0.6 is 27.3 Å². The summed E-state index contributed by atoms with van der Waals surface area (Å²) in [7, 11) is 4.51. The van der Waals surface area contributed by atoms with Crippen molar-refractivity contribution in [2.24, 2.45) is 4.99 Å². The zero-order chi connectivity index (χ0) is 29.1. The maximum Gasteiger partial charge on any atom is 0.338 e. The standard InChI is InChI=1S/C29H29BrN2O7S/c1-7-9-17-10-16(11-22(38-6)26(17)33)12-23-27(34)32-25(18-13-20(36-4)21(37-5)14-19(18)30)24(28(35)39-8-2)15(3)31-29(32)40-23/h7,10-14,25,33H,1,8-9H2,2-6H3/b23-12+/t25-/m1/s1. The maximum absolute atomic E-state index is 14.0. The average Bonchev–Trinajstić information content (AvgIpc) is 3.23. The largest absolute Gasteiger partial charge is 0.504 e. The van der Waals surface area contributed by atoms with E-state index in [1.165, 1.54) is 37.2 Å². The van der Waals surface area contributed by atoms with E-state index in [1.807, 2.05) is 0 Å². The van der Waals surface area contributed by atoms with E-state index in [4.69, 9.17) is 18.9 Å². The first kappa shape index (κ1) is 29.2. The number of ether oxygens (including phenoxy) is 4. The number of benzene rings is 2. The number of nitrogens with zero attached hydrogens (tertiary/aromatic N) is 2. The summed E-state index contributed by atoms with van der Waals surface area (Å²) in [6.07, 6.45) is 3.80. The van der Waals surface area contributed by atoms with Crippen LogP contribution < -0.4 is 29.1 Å². The lowest BCUT2D eigenvalue weighted by molar-refractivity contribution is -0.139. The van der Waals surface area contributed by atoms with Gasteiger partial charge in [-0.25, -0.2) is 9.79 Å². The molecule has 0 fully saturated rings. The molecule has 1 aromatic heterocycles. The van der Waals surface area contributed by atoms with Crippen LogP contribution in [-0.4, -0.2) is 43.6 Å². The van der Waals surface area contributed by atoms with E-state index in [2.05, 4.69) is 27.5 Å². The highest BCUT2D eigenvalue weighted by Gasteiger charge is 2.35. The Labute approximate surface area is 243 Å². The monoisotopic (exact) mass is 628 g/mol. The summed E-state index contributed by atoms with van der Waals surface area (Å²) in [4.78, 5) is 32.3. The Morgan fingerprint density at radius 3 is 2.45 bits per heavy atom. The molecule has 4 rings (SSSR count). The highest BCUT2D eigenvalue weighted by Crippen LogP contribution is 2.41. The first-order valence-electron chi connectivity index (χ1n) is 12.3. The molecule has 1 aliphatic heterocycles. The molecule has 0 saturated carbocycles. The third kappa shape index (κ3) is 5.31. The molecule has 0 amide bonds. The van der Waals surface area contributed by atoms with Gasteiger partial charge >= 0.3 is 5.97 Å². The second-order valence-corrected chi connectivity index (χ2v) is 10.6. The van der Waals surface area contributed by atoms with Crippen molar-refractivity contribution in [3.63, 3.8) is 0 Å². The van der Waals surface area contributed by atoms with Gasteiger partial charge in [0.25, 0.3) is 5.56 Å². The number of aromatic nitrogens is 1. The Morgan fingerprint density at radius 2 is 1.82 bits per heavy atom. The number of phenols is 1. The number of esters is 1. The number of thiazole rings is 1. The third-order valence-electron chi connectivity index (χ3n) is 6.37. The molecule has 40 heavy (non-hydrogen) atoms. The van der Waals surface area contributed by atoms with Crippen molar-refractivity contribution in [2.45, 2.75) is 26.3 Å². The van der Waals surface area contributed by atoms with Crippen molar-refractivity contribution in [2.75, 3.05) is 27.9 Å². The fourth-order valence-corrected chi connectivity index (χ4v) is 6.14. The molecule has 0 aliphatic carbocycles. The van der Waals surface area contributed by atoms with Crippen LogP contribution in [-0.2, 0) is 16.0 Å². The predicted molar refractivity (Wildman–Crippen MR) is 156 cm³/mol. The molecular formula is C29H29BrN2O7S. The van der Waals surface area contributed by atoms with Crippen LogP contribution in [0.4, 0.5) is 0 Å². The Kier molecular flexibility index (Phi) is 8.85. The van der Waals surface area contributed by atoms with Crippen LogP contribution in [0, 0.1) is 0 Å². The van der Waals surface area contributed by atoms with Crippen LogP contribution in [0.1, 0.15) is 36.6 Å². The van der Waals surface area contributed by atoms with Crippen LogP contribution in [0.2, 0.25) is 0 Å². The summed E-state index contributed by atoms with van der Waals surface area (Å²) in [5.41, 5.74) is 2.21. The van der Waals surface area contributed by atoms with Gasteiger partial charge in [-0.15, -0.1) is 6.58 Å². The molecule has 0 radical (unpaired) electrons. The quantitative estimate of drug-likeness (QED) is 0.282. The zero-order valence-corrected chi connectivity index (χ0v) is 25.1. The molecule has 0 saturated heterocycles. The highest BCUT2D eigenvalue weighted by molar-refractivity contribution is 9.10. The van der Waals surface area contributed by atoms with Crippen molar-refractivity contribution in [1.29, 1.82) is 0 Å². The third-order valence-corrected chi connectivity index (χ3v) is 8.04. The lowest BCUT2D eigenvalue weighted by Crippen LogP contribution is -2.40. The SMILES string of the molecule is C=CCc1cc(/C=c2/sc3n(c2=O)[C@H](c2cc(OC)c(OC)cc2Br)C(C(=O)OCC)=C(C)N=3)cc(OC)c1O. The van der Waals surface area contributed by atoms with Crippen LogP contribution in [0.25, 0.3) is 6.08 Å². The molecular weight excluding hydrogens is 600 g/mol. The highest BCUT2D eigenvalue weighted by atomic mass is 79.9. The van der Waals surface area contributed by atoms with Gasteiger partial charge in [0.1, 0.15) is 0 Å². The smallest absolute Gasteiger partial charge is 0.338 e. The van der Waals surface area contributed by atoms with E-state index >= 15 is 0 Å². The van der Waals surface area contributed by atoms with E-state index in [1.54, 1.807) is 50.3 Å². The predicted octanol–water partition coefficient (Wildman–Crippen LogP) is 4.02. The van der Waals surface area contributed by atoms with Gasteiger partial charge in [-0.3, -0.25) is 9.36 Å². The Hall–Kier alpha value is -3.83. The summed E-state index contributed by atoms with van der Waals surface area (Å²) in [6, 6.07) is 6.03. The number of aromatic hydroxyl groups is 1. The first-order chi connectivity index (χ1) is 19.2. The number of fused-ring (bicyclic) bond motifs is 1. The molecule has 9 nitrogen and oxygen atoms in total. The fraction of sp³-hybridized carbons (Fsp3) is 0.276. The van der Waals surface area contributed by atoms with Gasteiger partial charge in [0.15, 0.2) is 27.8 Å². The number of methoxy groups -OCH3 is 3. The minimum Gasteiger partial charge on any atom is -0.504 e. The second kappa shape index (κ2) is 12.1. The van der Waals surface area contributed by atoms with Crippen LogP contribution in [0.3, 0.4) is 0 Å². The van der Waals surface area contributed by atoms with Crippen molar-refractivity contribution < 1.29 is 28.8 Å². The van der Waals surface area contributed by atoms with Gasteiger partial charge in [0.2, 0.25) is 0 Å². The Morgan fingerprint density at radius 1 is 1.15 bits per heavy atom. The van der Waals surface area contributed by atoms with Crippen molar-refractivity contribution >= 4 is 39.3 Å². The van der Waals surface area contributed by atoms with E-state index in [-0.39, 0.29) is 29.2 Å². The van der Waals surface area contributed by atoms with E-state index in [9.17, 15) is 14.7 Å². The Bertz CT molecular complexity index is 1700. The minimum absolute atomic E-state index is 0.0222. The number of hydrogen-bond donors (Lipinski definition) is 1. The summed E-state index contributed by atoms with van der Waals surface area (Å²) in [5.74, 6) is 0.661. The number of allylic oxidation sites excluding steroid dienone is 2. The van der Waals surface area contributed by atoms with Crippen molar-refractivity contribution in [1.82, 2.24) is 4.57 Å². The summed E-state index contributed by atoms with van der Waals surface area (Å²) < 4.78 is 24.2. The normalized spacial score (nSPS) is 14.8. The number of hydrogen-bond acceptors (Lipinski definition) is 9. The number of rotatable bonds is 9. The summed E-state index contributed by atoms with van der Waals surface area (Å²) >= 11 is 4.79. The minimum atomic E-state index is -0.850. The fourth-order valence-electron chi connectivity index (χ4n) is 4.56. The molecule has 210 valence electrons. The second-order valence-electron chi connectivity index (χ2n) is 8.75. The molecule has 11 heteroatoms. The van der Waals surface area contributed by atoms with Gasteiger partial charge in [-0.05, 0) is 61.7 Å². The maximum atomic E-state index is 14.0. The van der Waals surface area contributed by atoms with E-state index in [0.717, 1.165) is 0 Å². The summed E-state index contributed by atoms with van der Waals surface area (Å²) in [5, 5.41) is 10.5. The lowest BCUT2D eigenvalue weighted by atomic mass is 9.95. The molecule has 1 aliphatic rings. The van der Waals surface area contributed by atoms with Crippen LogP contribution in [0.15, 0.2) is 62.5 Å². The molecule has 0 unspecified atom stereocenters. The van der Waals surface area contributed by atoms with Gasteiger partial charge in [-0.1, -0.05) is 33.3 Å². The molecule has 1 N–H and O–H groups in total. The number of carbonyl (C=O) groups excluding carboxylic acids is 1. The Balaban J connectivity index is 2.01. The van der Waals surface area contributed by atoms with Gasteiger partial charge < -0.3 is 24.1 Å². The molecule has 2 heterocycles.